The molecule has 0 aliphatic carbocycles. The van der Waals surface area contributed by atoms with Crippen LogP contribution in [0.15, 0.2) is 84.9 Å². The van der Waals surface area contributed by atoms with E-state index in [1.165, 1.54) is 0 Å². The number of aryl methyl sites for hydroxylation is 1. The van der Waals surface area contributed by atoms with Crippen molar-refractivity contribution in [3.63, 3.8) is 0 Å². The summed E-state index contributed by atoms with van der Waals surface area (Å²) in [5, 5.41) is 3.59. The molecule has 160 valence electrons. The van der Waals surface area contributed by atoms with Gasteiger partial charge in [0.05, 0.1) is 0 Å². The summed E-state index contributed by atoms with van der Waals surface area (Å²) in [6, 6.07) is 26.4. The van der Waals surface area contributed by atoms with Gasteiger partial charge < -0.3 is 10.2 Å². The van der Waals surface area contributed by atoms with E-state index in [1.54, 1.807) is 24.0 Å². The molecule has 5 heteroatoms. The molecule has 31 heavy (non-hydrogen) atoms. The van der Waals surface area contributed by atoms with Crippen molar-refractivity contribution in [3.8, 4) is 0 Å². The summed E-state index contributed by atoms with van der Waals surface area (Å²) in [7, 11) is 0. The molecule has 2 amide bonds. The van der Waals surface area contributed by atoms with Gasteiger partial charge >= 0.3 is 0 Å². The van der Waals surface area contributed by atoms with Gasteiger partial charge in [-0.05, 0) is 42.2 Å². The van der Waals surface area contributed by atoms with E-state index < -0.39 is 6.04 Å². The van der Waals surface area contributed by atoms with E-state index in [-0.39, 0.29) is 11.8 Å². The molecule has 0 spiro atoms. The number of benzene rings is 3. The zero-order chi connectivity index (χ0) is 22.1. The third kappa shape index (κ3) is 6.97. The predicted octanol–water partition coefficient (Wildman–Crippen LogP) is 5.01. The van der Waals surface area contributed by atoms with Gasteiger partial charge in [-0.15, -0.1) is 0 Å². The number of carbonyl (C=O) groups excluding carboxylic acids is 2. The third-order valence-electron chi connectivity index (χ3n) is 5.21. The van der Waals surface area contributed by atoms with Crippen molar-refractivity contribution in [2.75, 3.05) is 0 Å². The molecule has 1 N–H and O–H groups in total. The summed E-state index contributed by atoms with van der Waals surface area (Å²) in [6.45, 7) is 2.56. The van der Waals surface area contributed by atoms with Crippen molar-refractivity contribution in [3.05, 3.63) is 107 Å². The highest BCUT2D eigenvalue weighted by molar-refractivity contribution is 6.30. The molecule has 0 aromatic heterocycles. The molecule has 0 bridgehead atoms. The monoisotopic (exact) mass is 434 g/mol. The van der Waals surface area contributed by atoms with Crippen LogP contribution in [-0.2, 0) is 29.1 Å². The minimum atomic E-state index is -0.587. The normalized spacial score (nSPS) is 11.5. The van der Waals surface area contributed by atoms with Gasteiger partial charge in [0.25, 0.3) is 0 Å². The van der Waals surface area contributed by atoms with Crippen LogP contribution in [0.4, 0.5) is 0 Å². The van der Waals surface area contributed by atoms with Crippen molar-refractivity contribution in [1.29, 1.82) is 0 Å². The molecule has 0 fully saturated rings. The molecular formula is C26H27ClN2O2. The van der Waals surface area contributed by atoms with Crippen LogP contribution >= 0.6 is 11.6 Å². The van der Waals surface area contributed by atoms with Crippen molar-refractivity contribution < 1.29 is 9.59 Å². The number of nitrogens with zero attached hydrogens (tertiary/aromatic N) is 1. The number of hydrogen-bond donors (Lipinski definition) is 1. The van der Waals surface area contributed by atoms with E-state index in [4.69, 9.17) is 11.6 Å². The molecule has 0 aliphatic heterocycles. The fourth-order valence-electron chi connectivity index (χ4n) is 3.34. The SMILES string of the molecule is C[C@@H](C(=O)NCc1ccc(Cl)cc1)N(Cc1ccccc1)C(=O)CCc1ccccc1. The van der Waals surface area contributed by atoms with Gasteiger partial charge in [0.2, 0.25) is 11.8 Å². The Labute approximate surface area is 188 Å². The van der Waals surface area contributed by atoms with Gasteiger partial charge in [0.15, 0.2) is 0 Å². The summed E-state index contributed by atoms with van der Waals surface area (Å²) in [5.74, 6) is -0.221. The van der Waals surface area contributed by atoms with E-state index in [9.17, 15) is 9.59 Å². The zero-order valence-corrected chi connectivity index (χ0v) is 18.4. The summed E-state index contributed by atoms with van der Waals surface area (Å²) < 4.78 is 0. The molecule has 0 saturated carbocycles. The Bertz CT molecular complexity index is 975. The fourth-order valence-corrected chi connectivity index (χ4v) is 3.47. The number of rotatable bonds is 9. The maximum Gasteiger partial charge on any atom is 0.242 e. The van der Waals surface area contributed by atoms with Gasteiger partial charge in [-0.2, -0.15) is 0 Å². The first-order chi connectivity index (χ1) is 15.0. The van der Waals surface area contributed by atoms with Crippen LogP contribution in [0.2, 0.25) is 5.02 Å². The highest BCUT2D eigenvalue weighted by atomic mass is 35.5. The van der Waals surface area contributed by atoms with Crippen LogP contribution < -0.4 is 5.32 Å². The fraction of sp³-hybridized carbons (Fsp3) is 0.231. The van der Waals surface area contributed by atoms with Gasteiger partial charge in [-0.1, -0.05) is 84.4 Å². The van der Waals surface area contributed by atoms with Crippen molar-refractivity contribution in [2.45, 2.75) is 38.9 Å². The third-order valence-corrected chi connectivity index (χ3v) is 5.47. The number of carbonyl (C=O) groups is 2. The van der Waals surface area contributed by atoms with Crippen molar-refractivity contribution in [2.24, 2.45) is 0 Å². The van der Waals surface area contributed by atoms with Gasteiger partial charge in [-0.3, -0.25) is 9.59 Å². The van der Waals surface area contributed by atoms with Crippen LogP contribution in [0.3, 0.4) is 0 Å². The van der Waals surface area contributed by atoms with Crippen LogP contribution in [0.25, 0.3) is 0 Å². The Balaban J connectivity index is 1.66. The number of nitrogens with one attached hydrogen (secondary N) is 1. The molecule has 3 rings (SSSR count). The summed E-state index contributed by atoms with van der Waals surface area (Å²) in [6.07, 6.45) is 0.996. The van der Waals surface area contributed by atoms with Crippen LogP contribution in [0.1, 0.15) is 30.0 Å². The van der Waals surface area contributed by atoms with Crippen molar-refractivity contribution in [1.82, 2.24) is 10.2 Å². The van der Waals surface area contributed by atoms with Crippen molar-refractivity contribution >= 4 is 23.4 Å². The second-order valence-corrected chi connectivity index (χ2v) is 7.95. The van der Waals surface area contributed by atoms with Crippen LogP contribution in [-0.4, -0.2) is 22.8 Å². The topological polar surface area (TPSA) is 49.4 Å². The lowest BCUT2D eigenvalue weighted by molar-refractivity contribution is -0.140. The maximum absolute atomic E-state index is 13.1. The Kier molecular flexibility index (Phi) is 8.25. The molecule has 3 aromatic carbocycles. The highest BCUT2D eigenvalue weighted by Crippen LogP contribution is 2.14. The second kappa shape index (κ2) is 11.3. The highest BCUT2D eigenvalue weighted by Gasteiger charge is 2.25. The van der Waals surface area contributed by atoms with E-state index in [1.807, 2.05) is 72.8 Å². The Hall–Kier alpha value is -3.11. The number of halogens is 1. The average molecular weight is 435 g/mol. The quantitative estimate of drug-likeness (QED) is 0.514. The van der Waals surface area contributed by atoms with Crippen LogP contribution in [0, 0.1) is 0 Å². The van der Waals surface area contributed by atoms with Gasteiger partial charge in [0, 0.05) is 24.5 Å². The summed E-state index contributed by atoms with van der Waals surface area (Å²) in [4.78, 5) is 27.6. The van der Waals surface area contributed by atoms with Gasteiger partial charge in [0.1, 0.15) is 6.04 Å². The Morgan fingerprint density at radius 1 is 0.839 bits per heavy atom. The largest absolute Gasteiger partial charge is 0.350 e. The minimum Gasteiger partial charge on any atom is -0.350 e. The minimum absolute atomic E-state index is 0.0400. The molecule has 4 nitrogen and oxygen atoms in total. The standard InChI is InChI=1S/C26H27ClN2O2/c1-20(26(31)28-18-22-12-15-24(27)16-13-22)29(19-23-10-6-3-7-11-23)25(30)17-14-21-8-4-2-5-9-21/h2-13,15-16,20H,14,17-19H2,1H3,(H,28,31)/t20-/m0/s1. The lowest BCUT2D eigenvalue weighted by Gasteiger charge is -2.29. The zero-order valence-electron chi connectivity index (χ0n) is 17.6. The molecule has 0 aliphatic rings. The average Bonchev–Trinajstić information content (AvgIpc) is 2.81. The van der Waals surface area contributed by atoms with E-state index >= 15 is 0 Å². The molecule has 0 heterocycles. The second-order valence-electron chi connectivity index (χ2n) is 7.51. The van der Waals surface area contributed by atoms with E-state index in [0.29, 0.717) is 31.0 Å². The molecule has 1 atom stereocenters. The lowest BCUT2D eigenvalue weighted by atomic mass is 10.1. The van der Waals surface area contributed by atoms with E-state index in [0.717, 1.165) is 16.7 Å². The Morgan fingerprint density at radius 3 is 2.03 bits per heavy atom. The summed E-state index contributed by atoms with van der Waals surface area (Å²) in [5.41, 5.74) is 3.05. The summed E-state index contributed by atoms with van der Waals surface area (Å²) >= 11 is 5.92. The lowest BCUT2D eigenvalue weighted by Crippen LogP contribution is -2.47. The molecule has 0 saturated heterocycles. The first kappa shape index (κ1) is 22.6. The first-order valence-corrected chi connectivity index (χ1v) is 10.8. The number of hydrogen-bond acceptors (Lipinski definition) is 2. The predicted molar refractivity (Wildman–Crippen MR) is 125 cm³/mol. The van der Waals surface area contributed by atoms with Gasteiger partial charge in [-0.25, -0.2) is 0 Å². The molecule has 0 unspecified atom stereocenters. The first-order valence-electron chi connectivity index (χ1n) is 10.4. The number of amides is 2. The molecular weight excluding hydrogens is 408 g/mol. The molecule has 3 aromatic rings. The van der Waals surface area contributed by atoms with Crippen LogP contribution in [0.5, 0.6) is 0 Å². The smallest absolute Gasteiger partial charge is 0.242 e. The Morgan fingerprint density at radius 2 is 1.42 bits per heavy atom. The molecule has 0 radical (unpaired) electrons. The van der Waals surface area contributed by atoms with E-state index in [2.05, 4.69) is 5.32 Å². The maximum atomic E-state index is 13.1.